The van der Waals surface area contributed by atoms with Gasteiger partial charge >= 0.3 is 6.01 Å². The van der Waals surface area contributed by atoms with E-state index < -0.39 is 5.91 Å². The Morgan fingerprint density at radius 1 is 1.03 bits per heavy atom. The van der Waals surface area contributed by atoms with Crippen molar-refractivity contribution in [1.82, 2.24) is 20.0 Å². The van der Waals surface area contributed by atoms with Gasteiger partial charge in [-0.1, -0.05) is 5.10 Å². The largest absolute Gasteiger partial charge is 0.490 e. The summed E-state index contributed by atoms with van der Waals surface area (Å²) < 4.78 is 24.3. The van der Waals surface area contributed by atoms with Gasteiger partial charge in [0.15, 0.2) is 17.2 Å². The SMILES string of the molecule is CCOc1cc(-c2nnc(NC(=O)c3cc(C)n(C)n3)o2)cc(OCC)c1OCC. The topological polar surface area (TPSA) is 114 Å². The Balaban J connectivity index is 1.88. The molecule has 0 saturated carbocycles. The van der Waals surface area contributed by atoms with E-state index in [9.17, 15) is 4.79 Å². The summed E-state index contributed by atoms with van der Waals surface area (Å²) in [6, 6.07) is 5.10. The van der Waals surface area contributed by atoms with Gasteiger partial charge in [0.1, 0.15) is 0 Å². The number of amides is 1. The van der Waals surface area contributed by atoms with Crippen LogP contribution in [0.5, 0.6) is 17.2 Å². The molecule has 1 amide bonds. The van der Waals surface area contributed by atoms with Crippen molar-refractivity contribution in [2.45, 2.75) is 27.7 Å². The molecule has 0 aliphatic carbocycles. The van der Waals surface area contributed by atoms with Crippen molar-refractivity contribution in [3.63, 3.8) is 0 Å². The summed E-state index contributed by atoms with van der Waals surface area (Å²) in [6.07, 6.45) is 0. The zero-order valence-corrected chi connectivity index (χ0v) is 17.7. The highest BCUT2D eigenvalue weighted by molar-refractivity contribution is 6.01. The molecule has 3 rings (SSSR count). The van der Waals surface area contributed by atoms with E-state index in [1.807, 2.05) is 27.7 Å². The highest BCUT2D eigenvalue weighted by Gasteiger charge is 2.20. The molecule has 0 saturated heterocycles. The maximum atomic E-state index is 12.3. The first kappa shape index (κ1) is 21.2. The lowest BCUT2D eigenvalue weighted by Crippen LogP contribution is -2.13. The van der Waals surface area contributed by atoms with Crippen LogP contribution in [0.15, 0.2) is 22.6 Å². The van der Waals surface area contributed by atoms with E-state index in [2.05, 4.69) is 20.6 Å². The summed E-state index contributed by atoms with van der Waals surface area (Å²) in [5, 5.41) is 14.6. The van der Waals surface area contributed by atoms with Gasteiger partial charge in [-0.3, -0.25) is 14.8 Å². The summed E-state index contributed by atoms with van der Waals surface area (Å²) in [6.45, 7) is 8.85. The average Bonchev–Trinajstić information content (AvgIpc) is 3.31. The van der Waals surface area contributed by atoms with Gasteiger partial charge in [0, 0.05) is 18.3 Å². The van der Waals surface area contributed by atoms with Gasteiger partial charge < -0.3 is 18.6 Å². The number of rotatable bonds is 9. The molecule has 1 aromatic carbocycles. The number of carbonyl (C=O) groups is 1. The molecule has 10 nitrogen and oxygen atoms in total. The lowest BCUT2D eigenvalue weighted by atomic mass is 10.2. The van der Waals surface area contributed by atoms with Gasteiger partial charge in [0.2, 0.25) is 11.6 Å². The molecular formula is C20H25N5O5. The number of carbonyl (C=O) groups excluding carboxylic acids is 1. The molecule has 0 spiro atoms. The molecule has 0 radical (unpaired) electrons. The van der Waals surface area contributed by atoms with Gasteiger partial charge in [0.05, 0.1) is 19.8 Å². The lowest BCUT2D eigenvalue weighted by Gasteiger charge is -2.16. The third-order valence-corrected chi connectivity index (χ3v) is 4.15. The van der Waals surface area contributed by atoms with Crippen LogP contribution < -0.4 is 19.5 Å². The Kier molecular flexibility index (Phi) is 6.55. The zero-order valence-electron chi connectivity index (χ0n) is 17.7. The molecule has 0 aliphatic heterocycles. The Morgan fingerprint density at radius 2 is 1.67 bits per heavy atom. The molecule has 1 N–H and O–H groups in total. The number of hydrogen-bond acceptors (Lipinski definition) is 8. The number of ether oxygens (including phenoxy) is 3. The summed E-state index contributed by atoms with van der Waals surface area (Å²) in [5.74, 6) is 1.29. The average molecular weight is 415 g/mol. The van der Waals surface area contributed by atoms with E-state index in [0.717, 1.165) is 5.69 Å². The standard InChI is InChI=1S/C20H25N5O5/c1-6-27-15-10-13(11-16(28-7-2)17(15)29-8-3)19-22-23-20(30-19)21-18(26)14-9-12(4)25(5)24-14/h9-11H,6-8H2,1-5H3,(H,21,23,26). The second-order valence-corrected chi connectivity index (χ2v) is 6.26. The second-order valence-electron chi connectivity index (χ2n) is 6.26. The number of anilines is 1. The monoisotopic (exact) mass is 415 g/mol. The number of nitrogens with one attached hydrogen (secondary N) is 1. The smallest absolute Gasteiger partial charge is 0.322 e. The van der Waals surface area contributed by atoms with Gasteiger partial charge in [-0.05, 0) is 45.9 Å². The van der Waals surface area contributed by atoms with Crippen LogP contribution in [-0.4, -0.2) is 45.7 Å². The Labute approximate surface area is 174 Å². The zero-order chi connectivity index (χ0) is 21.7. The predicted molar refractivity (Wildman–Crippen MR) is 109 cm³/mol. The number of aromatic nitrogens is 4. The van der Waals surface area contributed by atoms with Crippen LogP contribution in [0.2, 0.25) is 0 Å². The molecule has 3 aromatic rings. The minimum Gasteiger partial charge on any atom is -0.490 e. The van der Waals surface area contributed by atoms with Gasteiger partial charge in [0.25, 0.3) is 5.91 Å². The molecule has 30 heavy (non-hydrogen) atoms. The van der Waals surface area contributed by atoms with Crippen molar-refractivity contribution < 1.29 is 23.4 Å². The highest BCUT2D eigenvalue weighted by atomic mass is 16.5. The molecule has 0 atom stereocenters. The second kappa shape index (κ2) is 9.29. The molecule has 0 unspecified atom stereocenters. The summed E-state index contributed by atoms with van der Waals surface area (Å²) in [4.78, 5) is 12.3. The molecule has 0 bridgehead atoms. The van der Waals surface area contributed by atoms with Crippen molar-refractivity contribution in [3.8, 4) is 28.7 Å². The van der Waals surface area contributed by atoms with Crippen LogP contribution in [0.1, 0.15) is 37.0 Å². The highest BCUT2D eigenvalue weighted by Crippen LogP contribution is 2.41. The first-order chi connectivity index (χ1) is 14.5. The van der Waals surface area contributed by atoms with Crippen LogP contribution in [0.3, 0.4) is 0 Å². The Morgan fingerprint density at radius 3 is 2.20 bits per heavy atom. The molecule has 2 aromatic heterocycles. The van der Waals surface area contributed by atoms with Crippen LogP contribution in [0, 0.1) is 6.92 Å². The van der Waals surface area contributed by atoms with Crippen LogP contribution >= 0.6 is 0 Å². The summed E-state index contributed by atoms with van der Waals surface area (Å²) in [5.41, 5.74) is 1.69. The van der Waals surface area contributed by atoms with Gasteiger partial charge in [-0.25, -0.2) is 0 Å². The summed E-state index contributed by atoms with van der Waals surface area (Å²) >= 11 is 0. The number of benzene rings is 1. The van der Waals surface area contributed by atoms with Crippen molar-refractivity contribution in [1.29, 1.82) is 0 Å². The maximum absolute atomic E-state index is 12.3. The molecule has 0 aliphatic rings. The third-order valence-electron chi connectivity index (χ3n) is 4.15. The van der Waals surface area contributed by atoms with Crippen LogP contribution in [-0.2, 0) is 7.05 Å². The Hall–Kier alpha value is -3.56. The number of hydrogen-bond donors (Lipinski definition) is 1. The van der Waals surface area contributed by atoms with Crippen molar-refractivity contribution in [3.05, 3.63) is 29.6 Å². The van der Waals surface area contributed by atoms with E-state index in [-0.39, 0.29) is 17.6 Å². The van der Waals surface area contributed by atoms with Crippen molar-refractivity contribution in [2.75, 3.05) is 25.1 Å². The van der Waals surface area contributed by atoms with Gasteiger partial charge in [-0.2, -0.15) is 5.10 Å². The molecule has 0 fully saturated rings. The predicted octanol–water partition coefficient (Wildman–Crippen LogP) is 3.23. The molecule has 10 heteroatoms. The van der Waals surface area contributed by atoms with Crippen molar-refractivity contribution in [2.24, 2.45) is 7.05 Å². The lowest BCUT2D eigenvalue weighted by molar-refractivity contribution is 0.101. The minimum absolute atomic E-state index is 0.0388. The summed E-state index contributed by atoms with van der Waals surface area (Å²) in [7, 11) is 1.76. The molecule has 2 heterocycles. The van der Waals surface area contributed by atoms with Crippen LogP contribution in [0.25, 0.3) is 11.5 Å². The van der Waals surface area contributed by atoms with E-state index in [1.54, 1.807) is 29.9 Å². The first-order valence-electron chi connectivity index (χ1n) is 9.69. The molecule has 160 valence electrons. The third kappa shape index (κ3) is 4.53. The van der Waals surface area contributed by atoms with Gasteiger partial charge in [-0.15, -0.1) is 5.10 Å². The Bertz CT molecular complexity index is 980. The fraction of sp³-hybridized carbons (Fsp3) is 0.400. The molecular weight excluding hydrogens is 390 g/mol. The van der Waals surface area contributed by atoms with E-state index in [4.69, 9.17) is 18.6 Å². The fourth-order valence-corrected chi connectivity index (χ4v) is 2.74. The minimum atomic E-state index is -0.439. The van der Waals surface area contributed by atoms with E-state index in [0.29, 0.717) is 42.6 Å². The normalized spacial score (nSPS) is 10.7. The number of nitrogens with zero attached hydrogens (tertiary/aromatic N) is 4. The van der Waals surface area contributed by atoms with E-state index >= 15 is 0 Å². The first-order valence-corrected chi connectivity index (χ1v) is 9.69. The van der Waals surface area contributed by atoms with Crippen LogP contribution in [0.4, 0.5) is 6.01 Å². The maximum Gasteiger partial charge on any atom is 0.322 e. The quantitative estimate of drug-likeness (QED) is 0.567. The van der Waals surface area contributed by atoms with E-state index in [1.165, 1.54) is 0 Å². The van der Waals surface area contributed by atoms with Crippen molar-refractivity contribution >= 4 is 11.9 Å². The fourth-order valence-electron chi connectivity index (χ4n) is 2.74. The number of aryl methyl sites for hydroxylation is 2.